The molecule has 0 aliphatic rings. The van der Waals surface area contributed by atoms with Gasteiger partial charge >= 0.3 is 5.69 Å². The Hall–Kier alpha value is -2.48. The molecule has 0 aliphatic heterocycles. The Kier molecular flexibility index (Phi) is 3.90. The van der Waals surface area contributed by atoms with E-state index in [2.05, 4.69) is 4.72 Å². The first-order chi connectivity index (χ1) is 9.79. The highest BCUT2D eigenvalue weighted by Crippen LogP contribution is 2.23. The van der Waals surface area contributed by atoms with E-state index in [1.807, 2.05) is 0 Å². The molecule has 0 bridgehead atoms. The van der Waals surface area contributed by atoms with Gasteiger partial charge in [0.05, 0.1) is 9.82 Å². The molecule has 21 heavy (non-hydrogen) atoms. The number of benzene rings is 2. The molecular weight excluding hydrogens is 299 g/mol. The highest BCUT2D eigenvalue weighted by Gasteiger charge is 2.21. The fourth-order valence-electron chi connectivity index (χ4n) is 1.72. The van der Waals surface area contributed by atoms with E-state index in [1.165, 1.54) is 0 Å². The summed E-state index contributed by atoms with van der Waals surface area (Å²) >= 11 is 0. The van der Waals surface area contributed by atoms with Crippen molar-refractivity contribution >= 4 is 21.4 Å². The molecule has 0 aromatic heterocycles. The van der Waals surface area contributed by atoms with Crippen molar-refractivity contribution < 1.29 is 17.7 Å². The van der Waals surface area contributed by atoms with Gasteiger partial charge in [-0.2, -0.15) is 4.39 Å². The molecule has 0 atom stereocenters. The largest absolute Gasteiger partial charge is 0.306 e. The van der Waals surface area contributed by atoms with Crippen LogP contribution in [0.5, 0.6) is 0 Å². The van der Waals surface area contributed by atoms with Gasteiger partial charge in [0.25, 0.3) is 10.0 Å². The van der Waals surface area contributed by atoms with Gasteiger partial charge in [0.15, 0.2) is 0 Å². The Bertz CT molecular complexity index is 806. The molecule has 0 saturated heterocycles. The second-order valence-corrected chi connectivity index (χ2v) is 6.03. The Labute approximate surface area is 120 Å². The van der Waals surface area contributed by atoms with Crippen molar-refractivity contribution in [3.05, 3.63) is 64.0 Å². The number of rotatable bonds is 4. The number of halogens is 1. The SMILES string of the molecule is Cc1cccc(NS(=O)(=O)c2ccc(F)c([N+](=O)[O-])c2)c1. The summed E-state index contributed by atoms with van der Waals surface area (Å²) in [5.74, 6) is -1.09. The number of nitrogens with one attached hydrogen (secondary N) is 1. The molecule has 0 unspecified atom stereocenters. The number of nitro groups is 1. The van der Waals surface area contributed by atoms with Crippen LogP contribution >= 0.6 is 0 Å². The van der Waals surface area contributed by atoms with Gasteiger partial charge < -0.3 is 0 Å². The van der Waals surface area contributed by atoms with Crippen LogP contribution in [0.1, 0.15) is 5.56 Å². The van der Waals surface area contributed by atoms with E-state index < -0.39 is 26.5 Å². The van der Waals surface area contributed by atoms with Crippen molar-refractivity contribution in [3.63, 3.8) is 0 Å². The quantitative estimate of drug-likeness (QED) is 0.694. The molecule has 2 rings (SSSR count). The summed E-state index contributed by atoms with van der Waals surface area (Å²) in [5, 5.41) is 10.7. The zero-order valence-electron chi connectivity index (χ0n) is 10.9. The maximum atomic E-state index is 13.2. The summed E-state index contributed by atoms with van der Waals surface area (Å²) < 4.78 is 39.8. The number of sulfonamides is 1. The topological polar surface area (TPSA) is 89.3 Å². The second kappa shape index (κ2) is 5.49. The smallest absolute Gasteiger partial charge is 0.280 e. The second-order valence-electron chi connectivity index (χ2n) is 4.35. The van der Waals surface area contributed by atoms with E-state index in [9.17, 15) is 22.9 Å². The fraction of sp³-hybridized carbons (Fsp3) is 0.0769. The minimum absolute atomic E-state index is 0.321. The standard InChI is InChI=1S/C13H11FN2O4S/c1-9-3-2-4-10(7-9)15-21(19,20)11-5-6-12(14)13(8-11)16(17)18/h2-8,15H,1H3. The van der Waals surface area contributed by atoms with E-state index in [4.69, 9.17) is 0 Å². The van der Waals surface area contributed by atoms with Gasteiger partial charge in [0, 0.05) is 11.8 Å². The number of hydrogen-bond acceptors (Lipinski definition) is 4. The lowest BCUT2D eigenvalue weighted by Crippen LogP contribution is -2.13. The Morgan fingerprint density at radius 2 is 1.90 bits per heavy atom. The lowest BCUT2D eigenvalue weighted by Gasteiger charge is -2.08. The summed E-state index contributed by atoms with van der Waals surface area (Å²) in [5.41, 5.74) is 0.282. The van der Waals surface area contributed by atoms with Crippen molar-refractivity contribution in [2.24, 2.45) is 0 Å². The number of nitrogens with zero attached hydrogens (tertiary/aromatic N) is 1. The van der Waals surface area contributed by atoms with Crippen LogP contribution in [-0.4, -0.2) is 13.3 Å². The molecule has 2 aromatic rings. The Morgan fingerprint density at radius 1 is 1.19 bits per heavy atom. The van der Waals surface area contributed by atoms with Crippen molar-refractivity contribution in [2.75, 3.05) is 4.72 Å². The highest BCUT2D eigenvalue weighted by atomic mass is 32.2. The van der Waals surface area contributed by atoms with Gasteiger partial charge in [-0.25, -0.2) is 8.42 Å². The van der Waals surface area contributed by atoms with E-state index in [0.717, 1.165) is 17.7 Å². The van der Waals surface area contributed by atoms with Gasteiger partial charge in [-0.1, -0.05) is 12.1 Å². The minimum Gasteiger partial charge on any atom is -0.280 e. The predicted molar refractivity (Wildman–Crippen MR) is 75.0 cm³/mol. The molecule has 110 valence electrons. The van der Waals surface area contributed by atoms with Crippen LogP contribution < -0.4 is 4.72 Å². The predicted octanol–water partition coefficient (Wildman–Crippen LogP) is 2.84. The third-order valence-corrected chi connectivity index (χ3v) is 4.07. The summed E-state index contributed by atoms with van der Waals surface area (Å²) in [6.07, 6.45) is 0. The molecule has 0 heterocycles. The van der Waals surface area contributed by atoms with E-state index >= 15 is 0 Å². The molecule has 8 heteroatoms. The van der Waals surface area contributed by atoms with E-state index in [-0.39, 0.29) is 4.90 Å². The summed E-state index contributed by atoms with van der Waals surface area (Å²) in [4.78, 5) is 9.31. The molecule has 1 N–H and O–H groups in total. The summed E-state index contributed by atoms with van der Waals surface area (Å²) in [6.45, 7) is 1.79. The summed E-state index contributed by atoms with van der Waals surface area (Å²) in [7, 11) is -4.02. The van der Waals surface area contributed by atoms with Gasteiger partial charge in [0.1, 0.15) is 0 Å². The Balaban J connectivity index is 2.40. The van der Waals surface area contributed by atoms with Crippen LogP contribution in [-0.2, 0) is 10.0 Å². The average Bonchev–Trinajstić information content (AvgIpc) is 2.38. The van der Waals surface area contributed by atoms with E-state index in [1.54, 1.807) is 31.2 Å². The Morgan fingerprint density at radius 3 is 2.52 bits per heavy atom. The normalized spacial score (nSPS) is 11.1. The molecule has 6 nitrogen and oxygen atoms in total. The molecule has 0 aliphatic carbocycles. The number of nitro benzene ring substituents is 1. The van der Waals surface area contributed by atoms with Crippen molar-refractivity contribution in [1.29, 1.82) is 0 Å². The van der Waals surface area contributed by atoms with Crippen LogP contribution in [0, 0.1) is 22.9 Å². The van der Waals surface area contributed by atoms with Gasteiger partial charge in [-0.3, -0.25) is 14.8 Å². The zero-order valence-corrected chi connectivity index (χ0v) is 11.7. The average molecular weight is 310 g/mol. The highest BCUT2D eigenvalue weighted by molar-refractivity contribution is 7.92. The maximum absolute atomic E-state index is 13.2. The van der Waals surface area contributed by atoms with Crippen LogP contribution in [0.3, 0.4) is 0 Å². The lowest BCUT2D eigenvalue weighted by molar-refractivity contribution is -0.387. The van der Waals surface area contributed by atoms with Crippen LogP contribution in [0.2, 0.25) is 0 Å². The van der Waals surface area contributed by atoms with Gasteiger partial charge in [-0.05, 0) is 36.8 Å². The molecule has 2 aromatic carbocycles. The maximum Gasteiger partial charge on any atom is 0.306 e. The third-order valence-electron chi connectivity index (χ3n) is 2.69. The number of hydrogen-bond donors (Lipinski definition) is 1. The summed E-state index contributed by atoms with van der Waals surface area (Å²) in [6, 6.07) is 9.02. The van der Waals surface area contributed by atoms with Crippen molar-refractivity contribution in [1.82, 2.24) is 0 Å². The molecule has 0 radical (unpaired) electrons. The van der Waals surface area contributed by atoms with Crippen LogP contribution in [0.4, 0.5) is 15.8 Å². The lowest BCUT2D eigenvalue weighted by atomic mass is 10.2. The van der Waals surface area contributed by atoms with Crippen LogP contribution in [0.15, 0.2) is 47.4 Å². The van der Waals surface area contributed by atoms with Crippen molar-refractivity contribution in [3.8, 4) is 0 Å². The monoisotopic (exact) mass is 310 g/mol. The molecule has 0 saturated carbocycles. The number of anilines is 1. The molecule has 0 spiro atoms. The zero-order chi connectivity index (χ0) is 15.6. The molecule has 0 amide bonds. The first kappa shape index (κ1) is 14.9. The van der Waals surface area contributed by atoms with Crippen molar-refractivity contribution in [2.45, 2.75) is 11.8 Å². The van der Waals surface area contributed by atoms with Gasteiger partial charge in [0.2, 0.25) is 5.82 Å². The first-order valence-corrected chi connectivity index (χ1v) is 7.31. The van der Waals surface area contributed by atoms with Gasteiger partial charge in [-0.15, -0.1) is 0 Å². The first-order valence-electron chi connectivity index (χ1n) is 5.83. The molecular formula is C13H11FN2O4S. The third kappa shape index (κ3) is 3.34. The fourth-order valence-corrected chi connectivity index (χ4v) is 2.79. The van der Waals surface area contributed by atoms with Crippen LogP contribution in [0.25, 0.3) is 0 Å². The molecule has 0 fully saturated rings. The minimum atomic E-state index is -4.02. The van der Waals surface area contributed by atoms with E-state index in [0.29, 0.717) is 11.8 Å². The number of aryl methyl sites for hydroxylation is 1.